The van der Waals surface area contributed by atoms with Gasteiger partial charge in [0, 0.05) is 58.9 Å². The molecule has 0 aliphatic heterocycles. The lowest BCUT2D eigenvalue weighted by Crippen LogP contribution is -2.39. The second-order valence-corrected chi connectivity index (χ2v) is 25.2. The van der Waals surface area contributed by atoms with E-state index >= 15 is 0 Å². The SMILES string of the molecule is Oc1c(I)c(O)c(CN(CCN(Cc2c(O)c(I)c(O)c(I)c2O)Cc2c(O)c(I)c(O)c(I)c2O)CCN(Cc2c(O)c(I)c(O)c(I)c2O)Cc2c(O)c(I)c(O)c(I)c2O)c(O)c1I. The number of hydrogen-bond donors (Lipinski definition) is 15. The first-order valence-corrected chi connectivity index (χ1v) is 29.1. The number of benzene rings is 5. The lowest BCUT2D eigenvalue weighted by molar-refractivity contribution is 0.152. The topological polar surface area (TPSA) is 313 Å². The molecule has 0 radical (unpaired) electrons. The lowest BCUT2D eigenvalue weighted by Gasteiger charge is -2.32. The van der Waals surface area contributed by atoms with Crippen molar-refractivity contribution in [3.8, 4) is 86.2 Å². The third kappa shape index (κ3) is 12.1. The molecule has 15 N–H and O–H groups in total. The van der Waals surface area contributed by atoms with Gasteiger partial charge in [0.15, 0.2) is 0 Å². The number of halogens is 10. The monoisotopic (exact) mass is 2050 g/mol. The molecule has 0 saturated carbocycles. The zero-order valence-electron chi connectivity index (χ0n) is 33.2. The van der Waals surface area contributed by atoms with Crippen LogP contribution in [0, 0.1) is 35.7 Å². The van der Waals surface area contributed by atoms with E-state index in [0.29, 0.717) is 0 Å². The zero-order chi connectivity index (χ0) is 50.4. The van der Waals surface area contributed by atoms with Crippen molar-refractivity contribution < 1.29 is 76.6 Å². The van der Waals surface area contributed by atoms with Crippen LogP contribution in [0.25, 0.3) is 0 Å². The van der Waals surface area contributed by atoms with Gasteiger partial charge in [-0.05, 0) is 226 Å². The molecule has 5 aromatic rings. The number of aromatic hydroxyl groups is 15. The van der Waals surface area contributed by atoms with Gasteiger partial charge in [-0.2, -0.15) is 0 Å². The van der Waals surface area contributed by atoms with Crippen LogP contribution in [-0.2, 0) is 32.7 Å². The molecule has 0 spiro atoms. The summed E-state index contributed by atoms with van der Waals surface area (Å²) in [6.07, 6.45) is 0. The molecule has 0 unspecified atom stereocenters. The molecule has 5 rings (SSSR count). The highest BCUT2D eigenvalue weighted by molar-refractivity contribution is 14.1. The highest BCUT2D eigenvalue weighted by Gasteiger charge is 2.30. The summed E-state index contributed by atoms with van der Waals surface area (Å²) in [7, 11) is 0. The smallest absolute Gasteiger partial charge is 0.149 e. The molecular weight excluding hydrogens is 2020 g/mol. The number of rotatable bonds is 16. The van der Waals surface area contributed by atoms with Gasteiger partial charge in [0.1, 0.15) is 86.2 Å². The molecule has 0 aromatic heterocycles. The van der Waals surface area contributed by atoms with Crippen LogP contribution in [0.3, 0.4) is 0 Å². The summed E-state index contributed by atoms with van der Waals surface area (Å²) < 4.78 is 0.458. The number of phenolic OH excluding ortho intramolecular Hbond substituents is 15. The normalized spacial score (nSPS) is 11.8. The van der Waals surface area contributed by atoms with E-state index in [0.717, 1.165) is 0 Å². The molecule has 0 fully saturated rings. The Labute approximate surface area is 517 Å². The Morgan fingerprint density at radius 1 is 0.194 bits per heavy atom. The van der Waals surface area contributed by atoms with E-state index in [-0.39, 0.29) is 151 Å². The van der Waals surface area contributed by atoms with Gasteiger partial charge in [-0.3, -0.25) is 14.7 Å². The second kappa shape index (κ2) is 24.1. The van der Waals surface area contributed by atoms with Crippen molar-refractivity contribution in [1.29, 1.82) is 0 Å². The van der Waals surface area contributed by atoms with Gasteiger partial charge in [-0.1, -0.05) is 0 Å². The Bertz CT molecular complexity index is 2370. The van der Waals surface area contributed by atoms with Crippen molar-refractivity contribution in [2.45, 2.75) is 32.7 Å². The van der Waals surface area contributed by atoms with Gasteiger partial charge in [0.2, 0.25) is 0 Å². The van der Waals surface area contributed by atoms with Crippen molar-refractivity contribution in [2.24, 2.45) is 0 Å². The summed E-state index contributed by atoms with van der Waals surface area (Å²) >= 11 is 17.3. The molecule has 28 heteroatoms. The molecule has 5 aromatic carbocycles. The fourth-order valence-electron chi connectivity index (χ4n) is 6.62. The maximum absolute atomic E-state index is 11.3. The predicted molar refractivity (Wildman–Crippen MR) is 328 cm³/mol. The van der Waals surface area contributed by atoms with Crippen molar-refractivity contribution in [2.75, 3.05) is 26.2 Å². The first kappa shape index (κ1) is 58.2. The third-order valence-corrected chi connectivity index (χ3v) is 20.6. The molecule has 0 amide bonds. The Morgan fingerprint density at radius 2 is 0.313 bits per heavy atom. The van der Waals surface area contributed by atoms with Crippen LogP contribution < -0.4 is 0 Å². The summed E-state index contributed by atoms with van der Waals surface area (Å²) in [5.74, 6) is -6.09. The molecule has 0 atom stereocenters. The standard InChI is InChI=1S/C39H33I10N3O15/c40-15-25(53)10(26(54)16(41)35(15)63)5-50(1-3-51(6-11-27(55)17(42)36(64)18(43)28(11)56)7-12-29(57)19(44)37(65)20(45)30(12)58)2-4-52(8-13-31(59)21(46)38(66)22(47)32(13)60)9-14-33(61)23(48)39(67)24(49)34(14)62/h53-67H,1-9H2. The average molecular weight is 2050 g/mol. The van der Waals surface area contributed by atoms with E-state index in [1.54, 1.807) is 241 Å². The van der Waals surface area contributed by atoms with Gasteiger partial charge in [0.25, 0.3) is 0 Å². The van der Waals surface area contributed by atoms with E-state index in [4.69, 9.17) is 0 Å². The van der Waals surface area contributed by atoms with Gasteiger partial charge >= 0.3 is 0 Å². The first-order valence-electron chi connectivity index (χ1n) is 18.4. The molecule has 0 heterocycles. The maximum atomic E-state index is 11.3. The van der Waals surface area contributed by atoms with Crippen LogP contribution >= 0.6 is 226 Å². The summed E-state index contributed by atoms with van der Waals surface area (Å²) in [6, 6.07) is 0. The van der Waals surface area contributed by atoms with Crippen LogP contribution in [0.4, 0.5) is 0 Å². The van der Waals surface area contributed by atoms with Gasteiger partial charge in [0.05, 0.1) is 63.5 Å². The minimum atomic E-state index is -0.435. The van der Waals surface area contributed by atoms with E-state index in [2.05, 4.69) is 0 Å². The van der Waals surface area contributed by atoms with Gasteiger partial charge in [-0.15, -0.1) is 0 Å². The second-order valence-electron chi connectivity index (χ2n) is 14.5. The summed E-state index contributed by atoms with van der Waals surface area (Å²) in [6.45, 7) is -1.28. The number of hydrogen-bond acceptors (Lipinski definition) is 18. The molecule has 0 saturated heterocycles. The van der Waals surface area contributed by atoms with E-state index < -0.39 is 57.5 Å². The quantitative estimate of drug-likeness (QED) is 0.0409. The van der Waals surface area contributed by atoms with Crippen LogP contribution in [-0.4, -0.2) is 117 Å². The van der Waals surface area contributed by atoms with Crippen molar-refractivity contribution >= 4 is 226 Å². The number of phenols is 15. The van der Waals surface area contributed by atoms with Gasteiger partial charge in [-0.25, -0.2) is 0 Å². The molecule has 0 aliphatic rings. The minimum Gasteiger partial charge on any atom is -0.506 e. The minimum absolute atomic E-state index is 0.000644. The first-order chi connectivity index (χ1) is 31.1. The van der Waals surface area contributed by atoms with Crippen molar-refractivity contribution in [3.63, 3.8) is 0 Å². The highest BCUT2D eigenvalue weighted by Crippen LogP contribution is 2.49. The largest absolute Gasteiger partial charge is 0.506 e. The molecule has 0 bridgehead atoms. The molecule has 18 nitrogen and oxygen atoms in total. The summed E-state index contributed by atoms with van der Waals surface area (Å²) in [5.41, 5.74) is -0.0451. The van der Waals surface area contributed by atoms with E-state index in [9.17, 15) is 76.6 Å². The van der Waals surface area contributed by atoms with E-state index in [1.165, 1.54) is 0 Å². The third-order valence-electron chi connectivity index (χ3n) is 10.4. The predicted octanol–water partition coefficient (Wildman–Crippen LogP) is 9.52. The van der Waals surface area contributed by atoms with Crippen LogP contribution in [0.1, 0.15) is 27.8 Å². The Balaban J connectivity index is 1.64. The highest BCUT2D eigenvalue weighted by atomic mass is 127. The fraction of sp³-hybridized carbons (Fsp3) is 0.231. The fourth-order valence-corrected chi connectivity index (χ4v) is 15.2. The molecule has 67 heavy (non-hydrogen) atoms. The van der Waals surface area contributed by atoms with Crippen molar-refractivity contribution in [3.05, 3.63) is 63.5 Å². The summed E-state index contributed by atoms with van der Waals surface area (Å²) in [4.78, 5) is 5.02. The van der Waals surface area contributed by atoms with Crippen LogP contribution in [0.5, 0.6) is 86.2 Å². The average Bonchev–Trinajstić information content (AvgIpc) is 3.31. The molecule has 0 aliphatic carbocycles. The Kier molecular flexibility index (Phi) is 20.9. The van der Waals surface area contributed by atoms with Crippen LogP contribution in [0.15, 0.2) is 0 Å². The van der Waals surface area contributed by atoms with E-state index in [1.807, 2.05) is 0 Å². The van der Waals surface area contributed by atoms with Crippen molar-refractivity contribution in [1.82, 2.24) is 14.7 Å². The Hall–Kier alpha value is 0.280. The zero-order valence-corrected chi connectivity index (χ0v) is 54.8. The van der Waals surface area contributed by atoms with Crippen LogP contribution in [0.2, 0.25) is 0 Å². The maximum Gasteiger partial charge on any atom is 0.149 e. The summed E-state index contributed by atoms with van der Waals surface area (Å²) in [5, 5.41) is 165. The number of nitrogens with zero attached hydrogens (tertiary/aromatic N) is 3. The molecule has 364 valence electrons. The van der Waals surface area contributed by atoms with Gasteiger partial charge < -0.3 is 76.6 Å². The lowest BCUT2D eigenvalue weighted by atomic mass is 10.1. The molecular formula is C39H33I10N3O15. The Morgan fingerprint density at radius 3 is 0.463 bits per heavy atom.